The number of carbonyl (C=O) groups is 2. The summed E-state index contributed by atoms with van der Waals surface area (Å²) in [5.41, 5.74) is 8.16. The molecular formula is C54H84N2O4. The molecule has 0 bridgehead atoms. The molecule has 4 aromatic carbocycles. The van der Waals surface area contributed by atoms with E-state index in [0.29, 0.717) is 13.1 Å². The standard InChI is InChI=1S/C42H48N2O4.5C2H6.2CH3/c1-43(25-23-35-17-9-11-19-37(35)39(43)31-33-13-5-3-6-14-33)27-29-47-41(45)21-22-42(46)48-30-28-44(2)26-24-36-18-10-12-20-38(36)40(44)32-34-15-7-4-8-16-34;5*1-2;;/h3-22,39-40H,23-32H2,1-2H3;5*1-2H3;2*1H3/q+2;;;;;;2*-1/t39-,40-,43+,44+;;;;;;;/m1......./s1. The van der Waals surface area contributed by atoms with Crippen molar-refractivity contribution in [2.45, 2.75) is 107 Å². The highest BCUT2D eigenvalue weighted by molar-refractivity contribution is 5.91. The van der Waals surface area contributed by atoms with Crippen molar-refractivity contribution < 1.29 is 28.0 Å². The summed E-state index contributed by atoms with van der Waals surface area (Å²) in [6.45, 7) is 23.9. The molecule has 60 heavy (non-hydrogen) atoms. The molecule has 0 fully saturated rings. The molecule has 2 aliphatic heterocycles. The molecule has 0 amide bonds. The van der Waals surface area contributed by atoms with Gasteiger partial charge in [-0.15, -0.1) is 0 Å². The Morgan fingerprint density at radius 2 is 0.800 bits per heavy atom. The van der Waals surface area contributed by atoms with Crippen LogP contribution in [0.5, 0.6) is 0 Å². The number of esters is 2. The van der Waals surface area contributed by atoms with Gasteiger partial charge >= 0.3 is 11.9 Å². The molecule has 6 heteroatoms. The van der Waals surface area contributed by atoms with Crippen molar-refractivity contribution in [3.05, 3.63) is 170 Å². The summed E-state index contributed by atoms with van der Waals surface area (Å²) in [4.78, 5) is 25.3. The van der Waals surface area contributed by atoms with Gasteiger partial charge in [-0.3, -0.25) is 0 Å². The Morgan fingerprint density at radius 1 is 0.500 bits per heavy atom. The van der Waals surface area contributed by atoms with Gasteiger partial charge in [0.15, 0.2) is 0 Å². The third kappa shape index (κ3) is 17.2. The number of quaternary nitrogens is 2. The largest absolute Gasteiger partial charge is 0.457 e. The van der Waals surface area contributed by atoms with Crippen LogP contribution in [0.1, 0.15) is 115 Å². The summed E-state index contributed by atoms with van der Waals surface area (Å²) in [6.07, 6.45) is 6.22. The van der Waals surface area contributed by atoms with Crippen LogP contribution in [-0.2, 0) is 44.7 Å². The molecule has 6 nitrogen and oxygen atoms in total. The van der Waals surface area contributed by atoms with Crippen molar-refractivity contribution in [3.8, 4) is 0 Å². The van der Waals surface area contributed by atoms with Gasteiger partial charge in [0.2, 0.25) is 0 Å². The van der Waals surface area contributed by atoms with E-state index < -0.39 is 11.9 Å². The first-order chi connectivity index (χ1) is 28.3. The first-order valence-corrected chi connectivity index (χ1v) is 22.3. The molecule has 0 radical (unpaired) electrons. The van der Waals surface area contributed by atoms with Gasteiger partial charge in [0.05, 0.1) is 27.2 Å². The van der Waals surface area contributed by atoms with Crippen LogP contribution in [0, 0.1) is 14.9 Å². The van der Waals surface area contributed by atoms with Crippen LogP contribution in [0.2, 0.25) is 0 Å². The minimum atomic E-state index is -0.523. The van der Waals surface area contributed by atoms with E-state index in [4.69, 9.17) is 9.47 Å². The number of benzene rings is 4. The minimum Gasteiger partial charge on any atom is -0.457 e. The maximum atomic E-state index is 12.6. The van der Waals surface area contributed by atoms with Crippen molar-refractivity contribution in [3.63, 3.8) is 0 Å². The molecule has 6 rings (SSSR count). The summed E-state index contributed by atoms with van der Waals surface area (Å²) in [5, 5.41) is 0. The Morgan fingerprint density at radius 3 is 1.13 bits per heavy atom. The molecule has 0 aliphatic carbocycles. The van der Waals surface area contributed by atoms with Gasteiger partial charge in [-0.25, -0.2) is 9.59 Å². The van der Waals surface area contributed by atoms with E-state index in [1.54, 1.807) is 0 Å². The van der Waals surface area contributed by atoms with Gasteiger partial charge in [0.1, 0.15) is 38.4 Å². The van der Waals surface area contributed by atoms with Crippen LogP contribution in [0.15, 0.2) is 121 Å². The second-order valence-electron chi connectivity index (χ2n) is 13.8. The van der Waals surface area contributed by atoms with Crippen molar-refractivity contribution in [2.24, 2.45) is 0 Å². The first kappa shape index (κ1) is 57.6. The van der Waals surface area contributed by atoms with Crippen LogP contribution < -0.4 is 0 Å². The van der Waals surface area contributed by atoms with Crippen LogP contribution >= 0.6 is 0 Å². The van der Waals surface area contributed by atoms with E-state index in [0.717, 1.165) is 47.7 Å². The predicted octanol–water partition coefficient (Wildman–Crippen LogP) is 12.6. The molecule has 0 aromatic heterocycles. The molecule has 4 aromatic rings. The lowest BCUT2D eigenvalue weighted by atomic mass is 9.87. The van der Waals surface area contributed by atoms with Gasteiger partial charge in [0, 0.05) is 49.0 Å². The smallest absolute Gasteiger partial charge is 0.331 e. The number of ether oxygens (including phenoxy) is 2. The summed E-state index contributed by atoms with van der Waals surface area (Å²) in [7, 11) is 4.53. The molecule has 0 spiro atoms. The average molecular weight is 825 g/mol. The van der Waals surface area contributed by atoms with E-state index in [9.17, 15) is 9.59 Å². The lowest BCUT2D eigenvalue weighted by Crippen LogP contribution is -2.53. The zero-order valence-electron chi connectivity index (χ0n) is 40.3. The van der Waals surface area contributed by atoms with E-state index in [1.807, 2.05) is 81.4 Å². The predicted molar refractivity (Wildman–Crippen MR) is 259 cm³/mol. The van der Waals surface area contributed by atoms with E-state index >= 15 is 0 Å². The quantitative estimate of drug-likeness (QED) is 0.0618. The number of nitrogens with zero attached hydrogens (tertiary/aromatic N) is 2. The fourth-order valence-corrected chi connectivity index (χ4v) is 7.72. The molecule has 2 heterocycles. The first-order valence-electron chi connectivity index (χ1n) is 22.3. The lowest BCUT2D eigenvalue weighted by Gasteiger charge is -2.45. The van der Waals surface area contributed by atoms with Gasteiger partial charge in [0.25, 0.3) is 0 Å². The minimum absolute atomic E-state index is 0. The van der Waals surface area contributed by atoms with Gasteiger partial charge in [-0.05, 0) is 22.3 Å². The number of fused-ring (bicyclic) bond motifs is 2. The van der Waals surface area contributed by atoms with Crippen LogP contribution in [0.25, 0.3) is 0 Å². The normalized spacial score (nSPS) is 19.1. The summed E-state index contributed by atoms with van der Waals surface area (Å²) < 4.78 is 12.8. The SMILES string of the molecule is CC.CC.CC.CC.CC.C[N@@+]1(CCOC(=O)C=CC(=O)OCC[N@+]2(C)CCc3ccccc3[C@H]2Cc2ccccc2)CCc2ccccc2[C@H]1Cc1ccccc1.[CH3-].[CH3-]. The highest BCUT2D eigenvalue weighted by atomic mass is 16.5. The average Bonchev–Trinajstić information content (AvgIpc) is 3.29. The van der Waals surface area contributed by atoms with Crippen molar-refractivity contribution in [1.82, 2.24) is 0 Å². The highest BCUT2D eigenvalue weighted by Gasteiger charge is 2.40. The summed E-state index contributed by atoms with van der Waals surface area (Å²) in [5.74, 6) is -1.05. The van der Waals surface area contributed by atoms with Gasteiger partial charge < -0.3 is 33.3 Å². The number of carbonyl (C=O) groups excluding carboxylic acids is 2. The molecule has 2 aliphatic rings. The Bertz CT molecular complexity index is 1600. The van der Waals surface area contributed by atoms with Crippen molar-refractivity contribution in [1.29, 1.82) is 0 Å². The molecule has 0 saturated carbocycles. The number of likely N-dealkylation sites (N-methyl/N-ethyl adjacent to an activating group) is 2. The zero-order valence-corrected chi connectivity index (χ0v) is 40.3. The number of rotatable bonds is 12. The van der Waals surface area contributed by atoms with E-state index in [1.165, 1.54) is 45.5 Å². The van der Waals surface area contributed by atoms with Gasteiger partial charge in [-0.1, -0.05) is 178 Å². The molecule has 4 atom stereocenters. The monoisotopic (exact) mass is 825 g/mol. The molecule has 0 N–H and O–H groups in total. The fourth-order valence-electron chi connectivity index (χ4n) is 7.72. The van der Waals surface area contributed by atoms with E-state index in [-0.39, 0.29) is 40.2 Å². The van der Waals surface area contributed by atoms with Crippen molar-refractivity contribution in [2.75, 3.05) is 53.5 Å². The second-order valence-corrected chi connectivity index (χ2v) is 13.8. The lowest BCUT2D eigenvalue weighted by molar-refractivity contribution is -0.941. The topological polar surface area (TPSA) is 52.6 Å². The second kappa shape index (κ2) is 32.3. The maximum Gasteiger partial charge on any atom is 0.331 e. The van der Waals surface area contributed by atoms with Crippen molar-refractivity contribution >= 4 is 11.9 Å². The van der Waals surface area contributed by atoms with Crippen LogP contribution in [0.3, 0.4) is 0 Å². The van der Waals surface area contributed by atoms with Gasteiger partial charge in [-0.2, -0.15) is 0 Å². The maximum absolute atomic E-state index is 12.6. The Hall–Kier alpha value is -4.52. The third-order valence-electron chi connectivity index (χ3n) is 10.7. The molecule has 0 saturated heterocycles. The zero-order chi connectivity index (χ0) is 43.4. The van der Waals surface area contributed by atoms with Crippen LogP contribution in [-0.4, -0.2) is 74.4 Å². The highest BCUT2D eigenvalue weighted by Crippen LogP contribution is 2.38. The number of hydrogen-bond acceptors (Lipinski definition) is 4. The Balaban J connectivity index is 0. The Kier molecular flexibility index (Phi) is 31.0. The number of hydrogen-bond donors (Lipinski definition) is 0. The molecular weight excluding hydrogens is 741 g/mol. The van der Waals surface area contributed by atoms with Crippen LogP contribution in [0.4, 0.5) is 0 Å². The fraction of sp³-hybridized carbons (Fsp3) is 0.444. The Labute approximate surface area is 368 Å². The summed E-state index contributed by atoms with van der Waals surface area (Å²) in [6, 6.07) is 39.1. The molecule has 334 valence electrons. The summed E-state index contributed by atoms with van der Waals surface area (Å²) >= 11 is 0. The third-order valence-corrected chi connectivity index (χ3v) is 10.7. The van der Waals surface area contributed by atoms with E-state index in [2.05, 4.69) is 111 Å². The molecule has 0 unspecified atom stereocenters.